The lowest BCUT2D eigenvalue weighted by Gasteiger charge is -2.37. The van der Waals surface area contributed by atoms with Crippen molar-refractivity contribution >= 4 is 11.7 Å². The fourth-order valence-corrected chi connectivity index (χ4v) is 3.19. The highest BCUT2D eigenvalue weighted by molar-refractivity contribution is 5.74. The Balaban J connectivity index is 1.52. The number of carbonyl (C=O) groups excluding carboxylic acids is 1. The van der Waals surface area contributed by atoms with Crippen LogP contribution in [-0.2, 0) is 6.54 Å². The highest BCUT2D eigenvalue weighted by Crippen LogP contribution is 2.23. The predicted octanol–water partition coefficient (Wildman–Crippen LogP) is 2.74. The molecule has 3 rings (SSSR count). The number of methoxy groups -OCH3 is 1. The van der Waals surface area contributed by atoms with Gasteiger partial charge in [-0.05, 0) is 42.7 Å². The molecule has 0 unspecified atom stereocenters. The largest absolute Gasteiger partial charge is 0.481 e. The Morgan fingerprint density at radius 3 is 2.69 bits per heavy atom. The van der Waals surface area contributed by atoms with Crippen LogP contribution in [0, 0.1) is 13.8 Å². The molecule has 6 heteroatoms. The number of rotatable bonds is 4. The van der Waals surface area contributed by atoms with Gasteiger partial charge >= 0.3 is 6.03 Å². The van der Waals surface area contributed by atoms with Gasteiger partial charge in [0, 0.05) is 50.7 Å². The Morgan fingerprint density at radius 1 is 1.19 bits per heavy atom. The van der Waals surface area contributed by atoms with Crippen LogP contribution in [0.4, 0.5) is 10.5 Å². The van der Waals surface area contributed by atoms with E-state index in [1.165, 1.54) is 16.8 Å². The van der Waals surface area contributed by atoms with Gasteiger partial charge in [0.1, 0.15) is 0 Å². The van der Waals surface area contributed by atoms with E-state index in [0.29, 0.717) is 12.4 Å². The lowest BCUT2D eigenvalue weighted by Crippen LogP contribution is -2.51. The molecule has 2 amide bonds. The van der Waals surface area contributed by atoms with E-state index in [-0.39, 0.29) is 6.03 Å². The van der Waals surface area contributed by atoms with Crippen LogP contribution in [0.15, 0.2) is 36.5 Å². The van der Waals surface area contributed by atoms with Crippen molar-refractivity contribution in [1.82, 2.24) is 15.2 Å². The van der Waals surface area contributed by atoms with E-state index in [4.69, 9.17) is 4.74 Å². The number of anilines is 1. The lowest BCUT2D eigenvalue weighted by molar-refractivity contribution is 0.194. The molecule has 138 valence electrons. The third-order valence-corrected chi connectivity index (χ3v) is 4.94. The van der Waals surface area contributed by atoms with Gasteiger partial charge in [0.2, 0.25) is 5.88 Å². The van der Waals surface area contributed by atoms with Crippen molar-refractivity contribution in [2.24, 2.45) is 0 Å². The summed E-state index contributed by atoms with van der Waals surface area (Å²) in [6, 6.07) is 10.1. The zero-order valence-electron chi connectivity index (χ0n) is 15.7. The number of benzene rings is 1. The Morgan fingerprint density at radius 2 is 1.96 bits per heavy atom. The smallest absolute Gasteiger partial charge is 0.317 e. The number of hydrogen-bond acceptors (Lipinski definition) is 4. The summed E-state index contributed by atoms with van der Waals surface area (Å²) in [6.45, 7) is 7.90. The first-order valence-electron chi connectivity index (χ1n) is 8.91. The minimum Gasteiger partial charge on any atom is -0.481 e. The third kappa shape index (κ3) is 4.07. The van der Waals surface area contributed by atoms with Gasteiger partial charge in [0.05, 0.1) is 7.11 Å². The maximum absolute atomic E-state index is 12.4. The second-order valence-electron chi connectivity index (χ2n) is 6.56. The molecule has 1 aromatic heterocycles. The van der Waals surface area contributed by atoms with Gasteiger partial charge in [-0.15, -0.1) is 0 Å². The number of hydrogen-bond donors (Lipinski definition) is 1. The second kappa shape index (κ2) is 8.08. The first-order valence-corrected chi connectivity index (χ1v) is 8.91. The monoisotopic (exact) mass is 354 g/mol. The van der Waals surface area contributed by atoms with Crippen LogP contribution in [0.1, 0.15) is 16.7 Å². The van der Waals surface area contributed by atoms with Gasteiger partial charge in [-0.2, -0.15) is 0 Å². The number of aromatic nitrogens is 1. The van der Waals surface area contributed by atoms with Crippen molar-refractivity contribution in [3.8, 4) is 5.88 Å². The molecule has 6 nitrogen and oxygen atoms in total. The number of carbonyl (C=O) groups is 1. The Hall–Kier alpha value is -2.76. The fourth-order valence-electron chi connectivity index (χ4n) is 3.19. The molecule has 2 heterocycles. The number of nitrogens with zero attached hydrogens (tertiary/aromatic N) is 3. The molecule has 0 bridgehead atoms. The van der Waals surface area contributed by atoms with Gasteiger partial charge in [-0.25, -0.2) is 9.78 Å². The zero-order chi connectivity index (χ0) is 18.5. The molecule has 26 heavy (non-hydrogen) atoms. The Bertz CT molecular complexity index is 770. The van der Waals surface area contributed by atoms with Crippen molar-refractivity contribution in [2.45, 2.75) is 20.4 Å². The zero-order valence-corrected chi connectivity index (χ0v) is 15.7. The van der Waals surface area contributed by atoms with Crippen LogP contribution in [0.25, 0.3) is 0 Å². The average molecular weight is 354 g/mol. The van der Waals surface area contributed by atoms with Gasteiger partial charge < -0.3 is 19.9 Å². The van der Waals surface area contributed by atoms with E-state index < -0.39 is 0 Å². The van der Waals surface area contributed by atoms with Crippen molar-refractivity contribution in [3.05, 3.63) is 53.2 Å². The van der Waals surface area contributed by atoms with Gasteiger partial charge in [-0.3, -0.25) is 0 Å². The van der Waals surface area contributed by atoms with E-state index in [1.807, 2.05) is 17.0 Å². The van der Waals surface area contributed by atoms with E-state index in [1.54, 1.807) is 13.3 Å². The highest BCUT2D eigenvalue weighted by atomic mass is 16.5. The van der Waals surface area contributed by atoms with Crippen LogP contribution in [0.2, 0.25) is 0 Å². The fraction of sp³-hybridized carbons (Fsp3) is 0.400. The third-order valence-electron chi connectivity index (χ3n) is 4.94. The SMILES string of the molecule is COc1cc(CNC(=O)N2CCN(c3cccc(C)c3C)CC2)ccn1. The normalized spacial score (nSPS) is 14.3. The molecule has 1 aromatic carbocycles. The molecule has 0 aliphatic carbocycles. The predicted molar refractivity (Wildman–Crippen MR) is 103 cm³/mol. The summed E-state index contributed by atoms with van der Waals surface area (Å²) >= 11 is 0. The number of aryl methyl sites for hydroxylation is 1. The quantitative estimate of drug-likeness (QED) is 0.917. The maximum Gasteiger partial charge on any atom is 0.317 e. The second-order valence-corrected chi connectivity index (χ2v) is 6.56. The Kier molecular flexibility index (Phi) is 5.61. The molecular weight excluding hydrogens is 328 g/mol. The minimum atomic E-state index is -0.0265. The molecule has 2 aromatic rings. The van der Waals surface area contributed by atoms with Crippen molar-refractivity contribution in [2.75, 3.05) is 38.2 Å². The summed E-state index contributed by atoms with van der Waals surface area (Å²) in [6.07, 6.45) is 1.68. The number of urea groups is 1. The number of ether oxygens (including phenoxy) is 1. The van der Waals surface area contributed by atoms with Crippen LogP contribution < -0.4 is 15.0 Å². The minimum absolute atomic E-state index is 0.0265. The Labute approximate surface area is 154 Å². The number of amides is 2. The first-order chi connectivity index (χ1) is 12.6. The van der Waals surface area contributed by atoms with E-state index in [9.17, 15) is 4.79 Å². The number of nitrogens with one attached hydrogen (secondary N) is 1. The van der Waals surface area contributed by atoms with Crippen LogP contribution >= 0.6 is 0 Å². The standard InChI is InChI=1S/C20H26N4O2/c1-15-5-4-6-18(16(15)2)23-9-11-24(12-10-23)20(25)22-14-17-7-8-21-19(13-17)26-3/h4-8,13H,9-12,14H2,1-3H3,(H,22,25). The summed E-state index contributed by atoms with van der Waals surface area (Å²) in [5.74, 6) is 0.555. The molecule has 1 N–H and O–H groups in total. The van der Waals surface area contributed by atoms with Gasteiger partial charge in [-0.1, -0.05) is 12.1 Å². The lowest BCUT2D eigenvalue weighted by atomic mass is 10.1. The maximum atomic E-state index is 12.4. The van der Waals surface area contributed by atoms with Crippen LogP contribution in [-0.4, -0.2) is 49.2 Å². The highest BCUT2D eigenvalue weighted by Gasteiger charge is 2.22. The molecule has 1 aliphatic heterocycles. The topological polar surface area (TPSA) is 57.7 Å². The van der Waals surface area contributed by atoms with Crippen LogP contribution in [0.5, 0.6) is 5.88 Å². The number of piperazine rings is 1. The van der Waals surface area contributed by atoms with Crippen molar-refractivity contribution in [1.29, 1.82) is 0 Å². The number of pyridine rings is 1. The molecule has 1 saturated heterocycles. The van der Waals surface area contributed by atoms with Crippen molar-refractivity contribution in [3.63, 3.8) is 0 Å². The van der Waals surface area contributed by atoms with E-state index >= 15 is 0 Å². The van der Waals surface area contributed by atoms with Gasteiger partial charge in [0.25, 0.3) is 0 Å². The molecule has 1 aliphatic rings. The summed E-state index contributed by atoms with van der Waals surface area (Å²) in [5, 5.41) is 2.98. The van der Waals surface area contributed by atoms with E-state index in [0.717, 1.165) is 31.7 Å². The van der Waals surface area contributed by atoms with Gasteiger partial charge in [0.15, 0.2) is 0 Å². The molecule has 0 radical (unpaired) electrons. The molecule has 0 spiro atoms. The van der Waals surface area contributed by atoms with Crippen LogP contribution in [0.3, 0.4) is 0 Å². The van der Waals surface area contributed by atoms with E-state index in [2.05, 4.69) is 47.2 Å². The molecule has 0 saturated carbocycles. The summed E-state index contributed by atoms with van der Waals surface area (Å²) in [7, 11) is 1.58. The first kappa shape index (κ1) is 18.0. The summed E-state index contributed by atoms with van der Waals surface area (Å²) < 4.78 is 5.11. The van der Waals surface area contributed by atoms with Crippen molar-refractivity contribution < 1.29 is 9.53 Å². The summed E-state index contributed by atoms with van der Waals surface area (Å²) in [4.78, 5) is 20.7. The molecule has 0 atom stereocenters. The average Bonchev–Trinajstić information content (AvgIpc) is 2.68. The molecular formula is C20H26N4O2. The molecule has 1 fully saturated rings. The summed E-state index contributed by atoms with van der Waals surface area (Å²) in [5.41, 5.74) is 4.86.